The molecular weight excluding hydrogens is 488 g/mol. The fraction of sp³-hybridized carbons (Fsp3) is 0.241. The third kappa shape index (κ3) is 4.33. The number of aromatic nitrogens is 9. The highest BCUT2D eigenvalue weighted by atomic mass is 15.2. The van der Waals surface area contributed by atoms with Crippen LogP contribution in [-0.2, 0) is 0 Å². The van der Waals surface area contributed by atoms with E-state index >= 15 is 0 Å². The summed E-state index contributed by atoms with van der Waals surface area (Å²) >= 11 is 0. The summed E-state index contributed by atoms with van der Waals surface area (Å²) in [4.78, 5) is 26.4. The number of anilines is 1. The molecule has 194 valence electrons. The topological polar surface area (TPSA) is 126 Å². The molecule has 6 aromatic rings. The number of aromatic amines is 2. The summed E-state index contributed by atoms with van der Waals surface area (Å²) in [6.45, 7) is 6.27. The predicted molar refractivity (Wildman–Crippen MR) is 151 cm³/mol. The SMILES string of the molecule is C=C(Nc1cncc(-c2ccc3[nH]nc(-c4nc5nccc(-n6cnc(C)c6)c5[nH]4)c3n2)c1)C1CCCCC1. The molecule has 0 bridgehead atoms. The molecule has 0 saturated heterocycles. The van der Waals surface area contributed by atoms with Crippen molar-refractivity contribution in [2.75, 3.05) is 5.32 Å². The van der Waals surface area contributed by atoms with Crippen molar-refractivity contribution < 1.29 is 0 Å². The number of fused-ring (bicyclic) bond motifs is 2. The lowest BCUT2D eigenvalue weighted by Gasteiger charge is -2.24. The number of nitrogens with one attached hydrogen (secondary N) is 3. The lowest BCUT2D eigenvalue weighted by molar-refractivity contribution is 0.405. The number of allylic oxidation sites excluding steroid dienone is 1. The first-order chi connectivity index (χ1) is 19.1. The summed E-state index contributed by atoms with van der Waals surface area (Å²) < 4.78 is 1.96. The maximum Gasteiger partial charge on any atom is 0.180 e. The number of hydrogen-bond donors (Lipinski definition) is 3. The van der Waals surface area contributed by atoms with E-state index in [9.17, 15) is 0 Å². The Morgan fingerprint density at radius 1 is 1.08 bits per heavy atom. The minimum absolute atomic E-state index is 0.516. The van der Waals surface area contributed by atoms with E-state index in [4.69, 9.17) is 9.97 Å². The van der Waals surface area contributed by atoms with Gasteiger partial charge in [0.2, 0.25) is 0 Å². The standard InChI is InChI=1S/C29H28N10/c1-17-15-39(16-32-17)24-10-11-31-28-26(24)35-29(36-28)27-25-23(37-38-27)9-8-22(34-25)20-12-21(14-30-13-20)33-18(2)19-6-4-3-5-7-19/h8-16,19,33H,2-7H2,1H3,(H,37,38)(H,31,35,36). The second-order valence-electron chi connectivity index (χ2n) is 10.1. The van der Waals surface area contributed by atoms with Gasteiger partial charge in [-0.1, -0.05) is 25.8 Å². The van der Waals surface area contributed by atoms with Crippen LogP contribution in [0.4, 0.5) is 5.69 Å². The summed E-state index contributed by atoms with van der Waals surface area (Å²) in [5.74, 6) is 1.11. The highest BCUT2D eigenvalue weighted by molar-refractivity contribution is 5.92. The Morgan fingerprint density at radius 2 is 1.97 bits per heavy atom. The predicted octanol–water partition coefficient (Wildman–Crippen LogP) is 5.96. The van der Waals surface area contributed by atoms with Crippen LogP contribution >= 0.6 is 0 Å². The van der Waals surface area contributed by atoms with Gasteiger partial charge in [0.1, 0.15) is 11.0 Å². The van der Waals surface area contributed by atoms with Crippen LogP contribution in [-0.4, -0.2) is 44.7 Å². The Bertz CT molecular complexity index is 1820. The molecule has 0 atom stereocenters. The molecule has 6 aromatic heterocycles. The second-order valence-corrected chi connectivity index (χ2v) is 10.1. The van der Waals surface area contributed by atoms with Crippen molar-refractivity contribution in [1.82, 2.24) is 44.7 Å². The summed E-state index contributed by atoms with van der Waals surface area (Å²) in [6, 6.07) is 7.96. The Hall–Kier alpha value is -4.86. The van der Waals surface area contributed by atoms with E-state index < -0.39 is 0 Å². The normalized spacial score (nSPS) is 14.3. The van der Waals surface area contributed by atoms with Crippen molar-refractivity contribution >= 4 is 27.9 Å². The number of aryl methyl sites for hydroxylation is 1. The van der Waals surface area contributed by atoms with E-state index in [1.165, 1.54) is 32.1 Å². The summed E-state index contributed by atoms with van der Waals surface area (Å²) in [5.41, 5.74) is 9.12. The lowest BCUT2D eigenvalue weighted by atomic mass is 9.87. The molecule has 0 aromatic carbocycles. The van der Waals surface area contributed by atoms with Gasteiger partial charge in [-0.05, 0) is 49.9 Å². The molecule has 3 N–H and O–H groups in total. The zero-order valence-electron chi connectivity index (χ0n) is 21.6. The molecule has 0 radical (unpaired) electrons. The summed E-state index contributed by atoms with van der Waals surface area (Å²) in [5, 5.41) is 11.1. The second kappa shape index (κ2) is 9.46. The molecule has 1 aliphatic rings. The molecule has 0 amide bonds. The molecule has 7 rings (SSSR count). The molecule has 0 aliphatic heterocycles. The van der Waals surface area contributed by atoms with Gasteiger partial charge in [-0.25, -0.2) is 19.9 Å². The van der Waals surface area contributed by atoms with E-state index in [0.717, 1.165) is 50.6 Å². The van der Waals surface area contributed by atoms with Crippen molar-refractivity contribution in [3.05, 3.63) is 73.4 Å². The molecule has 39 heavy (non-hydrogen) atoms. The molecular formula is C29H28N10. The third-order valence-electron chi connectivity index (χ3n) is 7.43. The molecule has 1 saturated carbocycles. The van der Waals surface area contributed by atoms with Gasteiger partial charge >= 0.3 is 0 Å². The molecule has 0 spiro atoms. The number of rotatable bonds is 6. The zero-order chi connectivity index (χ0) is 26.3. The maximum atomic E-state index is 4.97. The molecule has 0 unspecified atom stereocenters. The van der Waals surface area contributed by atoms with E-state index in [1.807, 2.05) is 48.3 Å². The summed E-state index contributed by atoms with van der Waals surface area (Å²) in [6.07, 6.45) is 15.4. The Labute approximate surface area is 224 Å². The first-order valence-corrected chi connectivity index (χ1v) is 13.2. The van der Waals surface area contributed by atoms with E-state index in [1.54, 1.807) is 12.5 Å². The quantitative estimate of drug-likeness (QED) is 0.249. The Balaban J connectivity index is 1.22. The van der Waals surface area contributed by atoms with Crippen molar-refractivity contribution in [2.45, 2.75) is 39.0 Å². The van der Waals surface area contributed by atoms with Crippen LogP contribution in [0, 0.1) is 12.8 Å². The average molecular weight is 517 g/mol. The smallest absolute Gasteiger partial charge is 0.180 e. The highest BCUT2D eigenvalue weighted by Gasteiger charge is 2.19. The van der Waals surface area contributed by atoms with E-state index in [-0.39, 0.29) is 0 Å². The van der Waals surface area contributed by atoms with Gasteiger partial charge < -0.3 is 14.9 Å². The van der Waals surface area contributed by atoms with Crippen molar-refractivity contribution in [1.29, 1.82) is 0 Å². The fourth-order valence-electron chi connectivity index (χ4n) is 5.39. The van der Waals surface area contributed by atoms with Gasteiger partial charge in [-0.15, -0.1) is 0 Å². The fourth-order valence-corrected chi connectivity index (χ4v) is 5.39. The van der Waals surface area contributed by atoms with Crippen LogP contribution in [0.15, 0.2) is 67.7 Å². The van der Waals surface area contributed by atoms with E-state index in [2.05, 4.69) is 48.1 Å². The van der Waals surface area contributed by atoms with Gasteiger partial charge in [0.05, 0.1) is 40.8 Å². The van der Waals surface area contributed by atoms with E-state index in [0.29, 0.717) is 23.1 Å². The van der Waals surface area contributed by atoms with Crippen LogP contribution in [0.5, 0.6) is 0 Å². The van der Waals surface area contributed by atoms with Crippen LogP contribution in [0.1, 0.15) is 37.8 Å². The Kier molecular flexibility index (Phi) is 5.65. The Morgan fingerprint density at radius 3 is 2.82 bits per heavy atom. The summed E-state index contributed by atoms with van der Waals surface area (Å²) in [7, 11) is 0. The minimum atomic E-state index is 0.516. The maximum absolute atomic E-state index is 4.97. The largest absolute Gasteiger partial charge is 0.358 e. The first-order valence-electron chi connectivity index (χ1n) is 13.2. The zero-order valence-corrected chi connectivity index (χ0v) is 21.6. The number of imidazole rings is 2. The number of hydrogen-bond acceptors (Lipinski definition) is 7. The molecule has 6 heterocycles. The molecule has 1 fully saturated rings. The minimum Gasteiger partial charge on any atom is -0.358 e. The van der Waals surface area contributed by atoms with Crippen LogP contribution in [0.25, 0.3) is 50.7 Å². The molecule has 10 heteroatoms. The molecule has 1 aliphatic carbocycles. The van der Waals surface area contributed by atoms with Crippen molar-refractivity contribution in [3.63, 3.8) is 0 Å². The van der Waals surface area contributed by atoms with Gasteiger partial charge in [-0.3, -0.25) is 10.1 Å². The third-order valence-corrected chi connectivity index (χ3v) is 7.43. The highest BCUT2D eigenvalue weighted by Crippen LogP contribution is 2.32. The number of nitrogens with zero attached hydrogens (tertiary/aromatic N) is 7. The van der Waals surface area contributed by atoms with Gasteiger partial charge in [0.15, 0.2) is 17.2 Å². The van der Waals surface area contributed by atoms with Gasteiger partial charge in [0, 0.05) is 29.9 Å². The van der Waals surface area contributed by atoms with Crippen molar-refractivity contribution in [2.24, 2.45) is 5.92 Å². The first kappa shape index (κ1) is 23.3. The van der Waals surface area contributed by atoms with Crippen LogP contribution < -0.4 is 5.32 Å². The van der Waals surface area contributed by atoms with Crippen LogP contribution in [0.3, 0.4) is 0 Å². The number of H-pyrrole nitrogens is 2. The van der Waals surface area contributed by atoms with Gasteiger partial charge in [0.25, 0.3) is 0 Å². The lowest BCUT2D eigenvalue weighted by Crippen LogP contribution is -2.14. The van der Waals surface area contributed by atoms with Crippen molar-refractivity contribution in [3.8, 4) is 28.5 Å². The van der Waals surface area contributed by atoms with Crippen LogP contribution in [0.2, 0.25) is 0 Å². The monoisotopic (exact) mass is 516 g/mol. The average Bonchev–Trinajstić information content (AvgIpc) is 3.71. The number of pyridine rings is 3. The molecule has 10 nitrogen and oxygen atoms in total. The van der Waals surface area contributed by atoms with Gasteiger partial charge in [-0.2, -0.15) is 5.10 Å².